The van der Waals surface area contributed by atoms with Crippen LogP contribution in [0.25, 0.3) is 11.1 Å². The van der Waals surface area contributed by atoms with E-state index in [-0.39, 0.29) is 5.91 Å². The Balaban J connectivity index is 1.52. The Morgan fingerprint density at radius 1 is 0.962 bits per heavy atom. The molecule has 1 aliphatic carbocycles. The summed E-state index contributed by atoms with van der Waals surface area (Å²) in [6, 6.07) is 21.9. The standard InChI is InChI=1S/C23H21NO2/c1-2-12-26-20-8-5-7-17(15-20)23(25)24-19-10-11-22-18(14-19)13-16-6-3-4-9-21(16)22/h3-11,14-15H,2,12-13H2,1H3,(H,24,25). The highest BCUT2D eigenvalue weighted by Gasteiger charge is 2.18. The Morgan fingerprint density at radius 2 is 1.81 bits per heavy atom. The first-order valence-corrected chi connectivity index (χ1v) is 9.00. The van der Waals surface area contributed by atoms with Crippen molar-refractivity contribution >= 4 is 11.6 Å². The summed E-state index contributed by atoms with van der Waals surface area (Å²) in [7, 11) is 0. The van der Waals surface area contributed by atoms with Crippen molar-refractivity contribution in [3.05, 3.63) is 83.4 Å². The predicted octanol–water partition coefficient (Wildman–Crippen LogP) is 5.30. The monoisotopic (exact) mass is 343 g/mol. The van der Waals surface area contributed by atoms with Crippen LogP contribution in [-0.4, -0.2) is 12.5 Å². The molecule has 0 aliphatic heterocycles. The summed E-state index contributed by atoms with van der Waals surface area (Å²) in [6.07, 6.45) is 1.85. The summed E-state index contributed by atoms with van der Waals surface area (Å²) in [5.41, 5.74) is 6.56. The molecule has 3 heteroatoms. The molecule has 3 nitrogen and oxygen atoms in total. The van der Waals surface area contributed by atoms with Gasteiger partial charge in [-0.1, -0.05) is 43.3 Å². The van der Waals surface area contributed by atoms with Crippen LogP contribution < -0.4 is 10.1 Å². The van der Waals surface area contributed by atoms with Crippen LogP contribution in [0.2, 0.25) is 0 Å². The van der Waals surface area contributed by atoms with E-state index in [1.54, 1.807) is 12.1 Å². The maximum absolute atomic E-state index is 12.6. The number of carbonyl (C=O) groups is 1. The first kappa shape index (κ1) is 16.4. The molecule has 0 bridgehead atoms. The number of hydrogen-bond acceptors (Lipinski definition) is 2. The zero-order valence-corrected chi connectivity index (χ0v) is 14.8. The number of fused-ring (bicyclic) bond motifs is 3. The van der Waals surface area contributed by atoms with Crippen LogP contribution in [0, 0.1) is 0 Å². The van der Waals surface area contributed by atoms with E-state index < -0.39 is 0 Å². The molecule has 130 valence electrons. The topological polar surface area (TPSA) is 38.3 Å². The number of amides is 1. The van der Waals surface area contributed by atoms with Gasteiger partial charge in [-0.25, -0.2) is 0 Å². The number of benzene rings is 3. The SMILES string of the molecule is CCCOc1cccc(C(=O)Nc2ccc3c(c2)Cc2ccccc2-3)c1. The minimum atomic E-state index is -0.123. The smallest absolute Gasteiger partial charge is 0.255 e. The summed E-state index contributed by atoms with van der Waals surface area (Å²) < 4.78 is 5.61. The van der Waals surface area contributed by atoms with Gasteiger partial charge in [0.1, 0.15) is 5.75 Å². The van der Waals surface area contributed by atoms with Crippen LogP contribution in [0.15, 0.2) is 66.7 Å². The average molecular weight is 343 g/mol. The summed E-state index contributed by atoms with van der Waals surface area (Å²) in [4.78, 5) is 12.6. The van der Waals surface area contributed by atoms with E-state index >= 15 is 0 Å². The van der Waals surface area contributed by atoms with Gasteiger partial charge in [-0.2, -0.15) is 0 Å². The molecule has 0 unspecified atom stereocenters. The lowest BCUT2D eigenvalue weighted by atomic mass is 10.1. The van der Waals surface area contributed by atoms with Crippen molar-refractivity contribution in [2.24, 2.45) is 0 Å². The Hall–Kier alpha value is -3.07. The van der Waals surface area contributed by atoms with Crippen molar-refractivity contribution in [1.82, 2.24) is 0 Å². The largest absolute Gasteiger partial charge is 0.494 e. The van der Waals surface area contributed by atoms with Crippen LogP contribution in [0.3, 0.4) is 0 Å². The third-order valence-electron chi connectivity index (χ3n) is 4.62. The number of anilines is 1. The number of nitrogens with one attached hydrogen (secondary N) is 1. The first-order valence-electron chi connectivity index (χ1n) is 9.00. The second-order valence-corrected chi connectivity index (χ2v) is 6.54. The Morgan fingerprint density at radius 3 is 2.69 bits per heavy atom. The van der Waals surface area contributed by atoms with Gasteiger partial charge in [0.25, 0.3) is 5.91 Å². The van der Waals surface area contributed by atoms with Gasteiger partial charge in [0, 0.05) is 11.3 Å². The third-order valence-corrected chi connectivity index (χ3v) is 4.62. The van der Waals surface area contributed by atoms with Gasteiger partial charge >= 0.3 is 0 Å². The molecule has 26 heavy (non-hydrogen) atoms. The Labute approximate surface area is 153 Å². The lowest BCUT2D eigenvalue weighted by molar-refractivity contribution is 0.102. The fourth-order valence-corrected chi connectivity index (χ4v) is 3.37. The van der Waals surface area contributed by atoms with Gasteiger partial charge in [-0.3, -0.25) is 4.79 Å². The molecule has 4 rings (SSSR count). The number of ether oxygens (including phenoxy) is 1. The van der Waals surface area contributed by atoms with Crippen LogP contribution in [0.1, 0.15) is 34.8 Å². The van der Waals surface area contributed by atoms with Gasteiger partial charge in [0.2, 0.25) is 0 Å². The Bertz CT molecular complexity index is 962. The average Bonchev–Trinajstić information content (AvgIpc) is 3.04. The maximum Gasteiger partial charge on any atom is 0.255 e. The van der Waals surface area contributed by atoms with E-state index in [1.165, 1.54) is 22.3 Å². The molecule has 1 amide bonds. The first-order chi connectivity index (χ1) is 12.7. The minimum Gasteiger partial charge on any atom is -0.494 e. The van der Waals surface area contributed by atoms with Gasteiger partial charge in [0.15, 0.2) is 0 Å². The molecule has 3 aromatic carbocycles. The highest BCUT2D eigenvalue weighted by molar-refractivity contribution is 6.04. The van der Waals surface area contributed by atoms with Crippen molar-refractivity contribution in [2.45, 2.75) is 19.8 Å². The quantitative estimate of drug-likeness (QED) is 0.534. The number of carbonyl (C=O) groups excluding carboxylic acids is 1. The molecule has 3 aromatic rings. The Kier molecular flexibility index (Phi) is 4.44. The highest BCUT2D eigenvalue weighted by atomic mass is 16.5. The van der Waals surface area contributed by atoms with Gasteiger partial charge in [-0.05, 0) is 65.4 Å². The lowest BCUT2D eigenvalue weighted by Crippen LogP contribution is -2.12. The summed E-state index contributed by atoms with van der Waals surface area (Å²) in [5.74, 6) is 0.603. The second kappa shape index (κ2) is 7.04. The van der Waals surface area contributed by atoms with Crippen molar-refractivity contribution < 1.29 is 9.53 Å². The van der Waals surface area contributed by atoms with Crippen molar-refractivity contribution in [3.63, 3.8) is 0 Å². The van der Waals surface area contributed by atoms with Gasteiger partial charge in [0.05, 0.1) is 6.61 Å². The fraction of sp³-hybridized carbons (Fsp3) is 0.174. The third kappa shape index (κ3) is 3.21. The highest BCUT2D eigenvalue weighted by Crippen LogP contribution is 2.37. The predicted molar refractivity (Wildman–Crippen MR) is 105 cm³/mol. The molecule has 0 aromatic heterocycles. The molecule has 0 saturated carbocycles. The van der Waals surface area contributed by atoms with Crippen LogP contribution in [-0.2, 0) is 6.42 Å². The summed E-state index contributed by atoms with van der Waals surface area (Å²) >= 11 is 0. The van der Waals surface area contributed by atoms with Gasteiger partial charge < -0.3 is 10.1 Å². The summed E-state index contributed by atoms with van der Waals surface area (Å²) in [6.45, 7) is 2.71. The van der Waals surface area contributed by atoms with Crippen molar-refractivity contribution in [1.29, 1.82) is 0 Å². The van der Waals surface area contributed by atoms with E-state index in [1.807, 2.05) is 18.2 Å². The molecule has 0 radical (unpaired) electrons. The second-order valence-electron chi connectivity index (χ2n) is 6.54. The summed E-state index contributed by atoms with van der Waals surface area (Å²) in [5, 5.41) is 3.00. The van der Waals surface area contributed by atoms with E-state index in [2.05, 4.69) is 48.6 Å². The zero-order chi connectivity index (χ0) is 17.9. The normalized spacial score (nSPS) is 11.6. The van der Waals surface area contributed by atoms with E-state index in [0.717, 1.165) is 24.3 Å². The van der Waals surface area contributed by atoms with Crippen LogP contribution in [0.4, 0.5) is 5.69 Å². The van der Waals surface area contributed by atoms with Crippen LogP contribution in [0.5, 0.6) is 5.75 Å². The number of rotatable bonds is 5. The van der Waals surface area contributed by atoms with Gasteiger partial charge in [-0.15, -0.1) is 0 Å². The lowest BCUT2D eigenvalue weighted by Gasteiger charge is -2.09. The molecule has 0 atom stereocenters. The molecule has 0 fully saturated rings. The fourth-order valence-electron chi connectivity index (χ4n) is 3.37. The molecule has 0 heterocycles. The van der Waals surface area contributed by atoms with Crippen LogP contribution >= 0.6 is 0 Å². The molecular weight excluding hydrogens is 322 g/mol. The number of hydrogen-bond donors (Lipinski definition) is 1. The molecule has 0 spiro atoms. The molecule has 0 saturated heterocycles. The maximum atomic E-state index is 12.6. The minimum absolute atomic E-state index is 0.123. The van der Waals surface area contributed by atoms with Crippen molar-refractivity contribution in [2.75, 3.05) is 11.9 Å². The van der Waals surface area contributed by atoms with E-state index in [4.69, 9.17) is 4.74 Å². The van der Waals surface area contributed by atoms with Crippen molar-refractivity contribution in [3.8, 4) is 16.9 Å². The van der Waals surface area contributed by atoms with E-state index in [0.29, 0.717) is 12.2 Å². The zero-order valence-electron chi connectivity index (χ0n) is 14.8. The molecule has 1 N–H and O–H groups in total. The molecule has 1 aliphatic rings. The van der Waals surface area contributed by atoms with E-state index in [9.17, 15) is 4.79 Å². The molecular formula is C23H21NO2.